The Morgan fingerprint density at radius 2 is 2.26 bits per heavy atom. The van der Waals surface area contributed by atoms with Crippen molar-refractivity contribution in [1.82, 2.24) is 19.9 Å². The zero-order chi connectivity index (χ0) is 13.7. The first kappa shape index (κ1) is 13.5. The molecule has 2 aromatic heterocycles. The number of ether oxygens (including phenoxy) is 1. The summed E-state index contributed by atoms with van der Waals surface area (Å²) < 4.78 is 7.33. The summed E-state index contributed by atoms with van der Waals surface area (Å²) in [6.45, 7) is 3.04. The average molecular weight is 260 g/mol. The first-order valence-electron chi connectivity index (χ1n) is 6.46. The van der Waals surface area contributed by atoms with Crippen LogP contribution in [0.2, 0.25) is 0 Å². The van der Waals surface area contributed by atoms with Crippen LogP contribution >= 0.6 is 0 Å². The van der Waals surface area contributed by atoms with Crippen LogP contribution in [0.5, 0.6) is 5.75 Å². The average Bonchev–Trinajstić information content (AvgIpc) is 2.86. The molecule has 0 aromatic carbocycles. The Morgan fingerprint density at radius 1 is 1.42 bits per heavy atom. The van der Waals surface area contributed by atoms with E-state index in [1.54, 1.807) is 19.6 Å². The van der Waals surface area contributed by atoms with E-state index in [1.807, 2.05) is 29.9 Å². The topological polar surface area (TPSA) is 52.0 Å². The molecular formula is C14H20N4O. The van der Waals surface area contributed by atoms with Gasteiger partial charge >= 0.3 is 0 Å². The second-order valence-electron chi connectivity index (χ2n) is 4.44. The van der Waals surface area contributed by atoms with Crippen LogP contribution in [0, 0.1) is 0 Å². The summed E-state index contributed by atoms with van der Waals surface area (Å²) in [6.07, 6.45) is 6.63. The summed E-state index contributed by atoms with van der Waals surface area (Å²) in [4.78, 5) is 8.88. The van der Waals surface area contributed by atoms with Crippen molar-refractivity contribution in [3.63, 3.8) is 0 Å². The van der Waals surface area contributed by atoms with Crippen LogP contribution in [0.3, 0.4) is 0 Å². The van der Waals surface area contributed by atoms with E-state index in [1.165, 1.54) is 0 Å². The van der Waals surface area contributed by atoms with Gasteiger partial charge in [-0.15, -0.1) is 0 Å². The number of nitrogens with zero attached hydrogens (tertiary/aromatic N) is 3. The number of nitrogens with one attached hydrogen (secondary N) is 1. The Balaban J connectivity index is 2.36. The Bertz CT molecular complexity index is 524. The predicted octanol–water partition coefficient (Wildman–Crippen LogP) is 1.91. The molecule has 0 bridgehead atoms. The zero-order valence-electron chi connectivity index (χ0n) is 11.6. The van der Waals surface area contributed by atoms with Crippen molar-refractivity contribution in [2.75, 3.05) is 13.7 Å². The molecule has 0 fully saturated rings. The summed E-state index contributed by atoms with van der Waals surface area (Å²) in [5, 5.41) is 3.47. The third kappa shape index (κ3) is 3.12. The van der Waals surface area contributed by atoms with Gasteiger partial charge in [-0.3, -0.25) is 4.98 Å². The largest absolute Gasteiger partial charge is 0.495 e. The first-order valence-corrected chi connectivity index (χ1v) is 6.46. The van der Waals surface area contributed by atoms with Crippen LogP contribution in [-0.4, -0.2) is 28.2 Å². The lowest BCUT2D eigenvalue weighted by atomic mass is 10.1. The van der Waals surface area contributed by atoms with Crippen molar-refractivity contribution in [3.8, 4) is 5.75 Å². The highest BCUT2D eigenvalue weighted by molar-refractivity contribution is 5.34. The van der Waals surface area contributed by atoms with E-state index in [0.717, 1.165) is 30.1 Å². The molecule has 19 heavy (non-hydrogen) atoms. The Labute approximate surface area is 113 Å². The quantitative estimate of drug-likeness (QED) is 0.862. The number of pyridine rings is 1. The minimum absolute atomic E-state index is 0.0442. The van der Waals surface area contributed by atoms with Gasteiger partial charge in [0.25, 0.3) is 0 Å². The molecule has 0 spiro atoms. The van der Waals surface area contributed by atoms with Crippen molar-refractivity contribution in [2.24, 2.45) is 7.05 Å². The molecule has 5 nitrogen and oxygen atoms in total. The van der Waals surface area contributed by atoms with Gasteiger partial charge in [-0.1, -0.05) is 6.92 Å². The predicted molar refractivity (Wildman–Crippen MR) is 74.1 cm³/mol. The highest BCUT2D eigenvalue weighted by atomic mass is 16.5. The normalized spacial score (nSPS) is 12.4. The molecule has 0 saturated heterocycles. The summed E-state index contributed by atoms with van der Waals surface area (Å²) in [6, 6.07) is 3.75. The molecule has 0 aliphatic heterocycles. The van der Waals surface area contributed by atoms with Gasteiger partial charge in [0.15, 0.2) is 0 Å². The van der Waals surface area contributed by atoms with Gasteiger partial charge in [0.2, 0.25) is 0 Å². The maximum Gasteiger partial charge on any atom is 0.142 e. The molecule has 0 aliphatic rings. The molecule has 0 amide bonds. The number of imidazole rings is 1. The number of methoxy groups -OCH3 is 1. The van der Waals surface area contributed by atoms with E-state index in [0.29, 0.717) is 0 Å². The van der Waals surface area contributed by atoms with Crippen molar-refractivity contribution in [1.29, 1.82) is 0 Å². The third-order valence-corrected chi connectivity index (χ3v) is 2.91. The SMILES string of the molecule is CCCNC(c1cn(C)cn1)c1ncccc1OC. The minimum Gasteiger partial charge on any atom is -0.495 e. The molecule has 0 saturated carbocycles. The molecule has 2 aromatic rings. The lowest BCUT2D eigenvalue weighted by molar-refractivity contribution is 0.399. The zero-order valence-corrected chi connectivity index (χ0v) is 11.6. The summed E-state index contributed by atoms with van der Waals surface area (Å²) in [5.74, 6) is 0.779. The third-order valence-electron chi connectivity index (χ3n) is 2.91. The van der Waals surface area contributed by atoms with Crippen LogP contribution in [0.4, 0.5) is 0 Å². The van der Waals surface area contributed by atoms with Gasteiger partial charge in [0.05, 0.1) is 25.2 Å². The highest BCUT2D eigenvalue weighted by Gasteiger charge is 2.20. The molecular weight excluding hydrogens is 240 g/mol. The monoisotopic (exact) mass is 260 g/mol. The molecule has 2 heterocycles. The highest BCUT2D eigenvalue weighted by Crippen LogP contribution is 2.26. The number of hydrogen-bond acceptors (Lipinski definition) is 4. The van der Waals surface area contributed by atoms with Crippen LogP contribution in [0.15, 0.2) is 30.9 Å². The molecule has 0 radical (unpaired) electrons. The second kappa shape index (κ2) is 6.33. The Morgan fingerprint density at radius 3 is 2.89 bits per heavy atom. The van der Waals surface area contributed by atoms with E-state index in [-0.39, 0.29) is 6.04 Å². The Kier molecular flexibility index (Phi) is 4.52. The minimum atomic E-state index is -0.0442. The smallest absolute Gasteiger partial charge is 0.142 e. The summed E-state index contributed by atoms with van der Waals surface area (Å²) in [5.41, 5.74) is 1.82. The van der Waals surface area contributed by atoms with E-state index in [4.69, 9.17) is 4.74 Å². The van der Waals surface area contributed by atoms with E-state index in [9.17, 15) is 0 Å². The van der Waals surface area contributed by atoms with Gasteiger partial charge in [-0.2, -0.15) is 0 Å². The van der Waals surface area contributed by atoms with Crippen LogP contribution in [-0.2, 0) is 7.05 Å². The van der Waals surface area contributed by atoms with Gasteiger partial charge in [-0.05, 0) is 25.1 Å². The van der Waals surface area contributed by atoms with Crippen LogP contribution < -0.4 is 10.1 Å². The first-order chi connectivity index (χ1) is 9.26. The second-order valence-corrected chi connectivity index (χ2v) is 4.44. The molecule has 2 rings (SSSR count). The molecule has 1 atom stereocenters. The number of aromatic nitrogens is 3. The van der Waals surface area contributed by atoms with Gasteiger partial charge in [-0.25, -0.2) is 4.98 Å². The maximum atomic E-state index is 5.40. The van der Waals surface area contributed by atoms with Gasteiger partial charge in [0.1, 0.15) is 11.4 Å². The van der Waals surface area contributed by atoms with Crippen molar-refractivity contribution in [3.05, 3.63) is 42.2 Å². The lowest BCUT2D eigenvalue weighted by Crippen LogP contribution is -2.25. The fourth-order valence-electron chi connectivity index (χ4n) is 2.00. The van der Waals surface area contributed by atoms with Crippen molar-refractivity contribution < 1.29 is 4.74 Å². The van der Waals surface area contributed by atoms with Crippen molar-refractivity contribution in [2.45, 2.75) is 19.4 Å². The lowest BCUT2D eigenvalue weighted by Gasteiger charge is -2.18. The molecule has 1 N–H and O–H groups in total. The summed E-state index contributed by atoms with van der Waals surface area (Å²) in [7, 11) is 3.62. The van der Waals surface area contributed by atoms with Gasteiger partial charge in [0, 0.05) is 19.4 Å². The van der Waals surface area contributed by atoms with E-state index in [2.05, 4.69) is 22.2 Å². The fraction of sp³-hybridized carbons (Fsp3) is 0.429. The van der Waals surface area contributed by atoms with Crippen LogP contribution in [0.25, 0.3) is 0 Å². The summed E-state index contributed by atoms with van der Waals surface area (Å²) >= 11 is 0. The Hall–Kier alpha value is -1.88. The maximum absolute atomic E-state index is 5.40. The molecule has 5 heteroatoms. The number of aryl methyl sites for hydroxylation is 1. The standard InChI is InChI=1S/C14H20N4O/c1-4-7-15-13(11-9-18(2)10-17-11)14-12(19-3)6-5-8-16-14/h5-6,8-10,13,15H,4,7H2,1-3H3. The van der Waals surface area contributed by atoms with E-state index < -0.39 is 0 Å². The molecule has 1 unspecified atom stereocenters. The van der Waals surface area contributed by atoms with E-state index >= 15 is 0 Å². The number of rotatable bonds is 6. The fourth-order valence-corrected chi connectivity index (χ4v) is 2.00. The molecule has 0 aliphatic carbocycles. The van der Waals surface area contributed by atoms with Crippen LogP contribution in [0.1, 0.15) is 30.8 Å². The molecule has 102 valence electrons. The van der Waals surface area contributed by atoms with Gasteiger partial charge < -0.3 is 14.6 Å². The number of hydrogen-bond donors (Lipinski definition) is 1. The van der Waals surface area contributed by atoms with Crippen molar-refractivity contribution >= 4 is 0 Å².